The summed E-state index contributed by atoms with van der Waals surface area (Å²) in [5, 5.41) is 0. The molecule has 0 unspecified atom stereocenters. The van der Waals surface area contributed by atoms with Gasteiger partial charge in [0.15, 0.2) is 0 Å². The SMILES string of the molecule is CCOC(=O)[C@@]1(Cc2ccccc2)[C@@H]2C(=O)OC[C@@H]21. The van der Waals surface area contributed by atoms with Crippen LogP contribution in [0.2, 0.25) is 0 Å². The fourth-order valence-electron chi connectivity index (χ4n) is 3.19. The lowest BCUT2D eigenvalue weighted by Gasteiger charge is -2.18. The number of esters is 2. The summed E-state index contributed by atoms with van der Waals surface area (Å²) in [5.41, 5.74) is 0.366. The minimum Gasteiger partial charge on any atom is -0.466 e. The molecule has 2 aliphatic rings. The van der Waals surface area contributed by atoms with Crippen molar-refractivity contribution in [3.05, 3.63) is 35.9 Å². The van der Waals surface area contributed by atoms with Gasteiger partial charge in [0.05, 0.1) is 24.5 Å². The van der Waals surface area contributed by atoms with Crippen LogP contribution in [0.4, 0.5) is 0 Å². The van der Waals surface area contributed by atoms with Crippen LogP contribution >= 0.6 is 0 Å². The average molecular weight is 260 g/mol. The smallest absolute Gasteiger partial charge is 0.313 e. The minimum absolute atomic E-state index is 0.0146. The van der Waals surface area contributed by atoms with Gasteiger partial charge in [-0.15, -0.1) is 0 Å². The summed E-state index contributed by atoms with van der Waals surface area (Å²) in [5.74, 6) is -0.842. The largest absolute Gasteiger partial charge is 0.466 e. The molecule has 0 aromatic heterocycles. The molecular weight excluding hydrogens is 244 g/mol. The van der Waals surface area contributed by atoms with Crippen molar-refractivity contribution in [3.8, 4) is 0 Å². The molecular formula is C15H16O4. The quantitative estimate of drug-likeness (QED) is 0.771. The molecule has 1 saturated heterocycles. The van der Waals surface area contributed by atoms with Crippen LogP contribution in [0.25, 0.3) is 0 Å². The van der Waals surface area contributed by atoms with E-state index in [0.717, 1.165) is 5.56 Å². The minimum atomic E-state index is -0.688. The lowest BCUT2D eigenvalue weighted by Crippen LogP contribution is -2.30. The van der Waals surface area contributed by atoms with E-state index < -0.39 is 5.41 Å². The van der Waals surface area contributed by atoms with Crippen molar-refractivity contribution in [1.29, 1.82) is 0 Å². The molecule has 3 rings (SSSR count). The Morgan fingerprint density at radius 3 is 2.74 bits per heavy atom. The van der Waals surface area contributed by atoms with Crippen molar-refractivity contribution in [1.82, 2.24) is 0 Å². The predicted octanol–water partition coefficient (Wildman–Crippen LogP) is 1.58. The van der Waals surface area contributed by atoms with Gasteiger partial charge in [-0.05, 0) is 18.9 Å². The van der Waals surface area contributed by atoms with E-state index in [9.17, 15) is 9.59 Å². The van der Waals surface area contributed by atoms with Crippen molar-refractivity contribution < 1.29 is 19.1 Å². The number of hydrogen-bond acceptors (Lipinski definition) is 4. The van der Waals surface area contributed by atoms with Gasteiger partial charge in [-0.3, -0.25) is 9.59 Å². The van der Waals surface area contributed by atoms with Gasteiger partial charge in [-0.25, -0.2) is 0 Å². The Hall–Kier alpha value is -1.84. The van der Waals surface area contributed by atoms with Gasteiger partial charge in [-0.2, -0.15) is 0 Å². The van der Waals surface area contributed by atoms with Gasteiger partial charge < -0.3 is 9.47 Å². The number of rotatable bonds is 4. The molecule has 1 aliphatic carbocycles. The molecule has 19 heavy (non-hydrogen) atoms. The normalized spacial score (nSPS) is 31.5. The summed E-state index contributed by atoms with van der Waals surface area (Å²) in [6.07, 6.45) is 0.553. The van der Waals surface area contributed by atoms with Crippen molar-refractivity contribution in [2.24, 2.45) is 17.3 Å². The zero-order chi connectivity index (χ0) is 13.5. The molecule has 1 aliphatic heterocycles. The highest BCUT2D eigenvalue weighted by Crippen LogP contribution is 2.64. The van der Waals surface area contributed by atoms with E-state index in [1.807, 2.05) is 30.3 Å². The number of benzene rings is 1. The summed E-state index contributed by atoms with van der Waals surface area (Å²) < 4.78 is 10.2. The van der Waals surface area contributed by atoms with E-state index in [2.05, 4.69) is 0 Å². The highest BCUT2D eigenvalue weighted by Gasteiger charge is 2.77. The molecule has 0 amide bonds. The van der Waals surface area contributed by atoms with E-state index in [-0.39, 0.29) is 23.8 Å². The van der Waals surface area contributed by atoms with Crippen molar-refractivity contribution >= 4 is 11.9 Å². The van der Waals surface area contributed by atoms with Gasteiger partial charge in [-0.1, -0.05) is 30.3 Å². The monoisotopic (exact) mass is 260 g/mol. The van der Waals surface area contributed by atoms with Crippen LogP contribution in [0, 0.1) is 17.3 Å². The highest BCUT2D eigenvalue weighted by molar-refractivity contribution is 5.94. The standard InChI is InChI=1S/C15H16O4/c1-2-18-14(17)15(8-10-6-4-3-5-7-10)11-9-19-13(16)12(11)15/h3-7,11-12H,2,8-9H2,1H3/t11-,12-,15+/m0/s1. The summed E-state index contributed by atoms with van der Waals surface area (Å²) in [6, 6.07) is 9.75. The van der Waals surface area contributed by atoms with E-state index in [1.54, 1.807) is 6.92 Å². The van der Waals surface area contributed by atoms with Crippen LogP contribution in [0.15, 0.2) is 30.3 Å². The molecule has 4 nitrogen and oxygen atoms in total. The molecule has 0 N–H and O–H groups in total. The molecule has 100 valence electrons. The van der Waals surface area contributed by atoms with Gasteiger partial charge in [0, 0.05) is 5.92 Å². The Kier molecular flexibility index (Phi) is 2.81. The fraction of sp³-hybridized carbons (Fsp3) is 0.467. The Labute approximate surface area is 111 Å². The van der Waals surface area contributed by atoms with Crippen molar-refractivity contribution in [2.45, 2.75) is 13.3 Å². The van der Waals surface area contributed by atoms with Crippen molar-refractivity contribution in [3.63, 3.8) is 0 Å². The zero-order valence-corrected chi connectivity index (χ0v) is 10.8. The lowest BCUT2D eigenvalue weighted by atomic mass is 9.91. The first-order valence-corrected chi connectivity index (χ1v) is 6.58. The van der Waals surface area contributed by atoms with Crippen LogP contribution in [0.1, 0.15) is 12.5 Å². The van der Waals surface area contributed by atoms with Crippen LogP contribution in [-0.2, 0) is 25.5 Å². The van der Waals surface area contributed by atoms with E-state index in [4.69, 9.17) is 9.47 Å². The summed E-state index contributed by atoms with van der Waals surface area (Å²) in [6.45, 7) is 2.46. The van der Waals surface area contributed by atoms with Gasteiger partial charge >= 0.3 is 11.9 Å². The molecule has 1 aromatic carbocycles. The summed E-state index contributed by atoms with van der Waals surface area (Å²) in [7, 11) is 0. The second-order valence-corrected chi connectivity index (χ2v) is 5.14. The Morgan fingerprint density at radius 2 is 2.16 bits per heavy atom. The molecule has 0 radical (unpaired) electrons. The highest BCUT2D eigenvalue weighted by atomic mass is 16.6. The van der Waals surface area contributed by atoms with Gasteiger partial charge in [0.2, 0.25) is 0 Å². The number of cyclic esters (lactones) is 1. The van der Waals surface area contributed by atoms with Gasteiger partial charge in [0.1, 0.15) is 0 Å². The van der Waals surface area contributed by atoms with E-state index in [0.29, 0.717) is 19.6 Å². The topological polar surface area (TPSA) is 52.6 Å². The maximum atomic E-state index is 12.3. The lowest BCUT2D eigenvalue weighted by molar-refractivity contribution is -0.157. The fourth-order valence-corrected chi connectivity index (χ4v) is 3.19. The number of fused-ring (bicyclic) bond motifs is 1. The maximum Gasteiger partial charge on any atom is 0.313 e. The molecule has 0 spiro atoms. The molecule has 3 atom stereocenters. The second kappa shape index (κ2) is 4.37. The maximum absolute atomic E-state index is 12.3. The van der Waals surface area contributed by atoms with E-state index in [1.165, 1.54) is 0 Å². The first kappa shape index (κ1) is 12.2. The Balaban J connectivity index is 1.87. The third-order valence-electron chi connectivity index (χ3n) is 4.16. The molecule has 1 saturated carbocycles. The summed E-state index contributed by atoms with van der Waals surface area (Å²) >= 11 is 0. The Bertz CT molecular complexity index is 510. The van der Waals surface area contributed by atoms with Crippen LogP contribution in [0.5, 0.6) is 0 Å². The molecule has 1 heterocycles. The van der Waals surface area contributed by atoms with Crippen LogP contribution in [-0.4, -0.2) is 25.2 Å². The Morgan fingerprint density at radius 1 is 1.42 bits per heavy atom. The average Bonchev–Trinajstić information content (AvgIpc) is 2.88. The van der Waals surface area contributed by atoms with E-state index >= 15 is 0 Å². The zero-order valence-electron chi connectivity index (χ0n) is 10.8. The van der Waals surface area contributed by atoms with Gasteiger partial charge in [0.25, 0.3) is 0 Å². The molecule has 2 fully saturated rings. The van der Waals surface area contributed by atoms with Crippen LogP contribution < -0.4 is 0 Å². The first-order valence-electron chi connectivity index (χ1n) is 6.58. The number of carbonyl (C=O) groups is 2. The number of carbonyl (C=O) groups excluding carboxylic acids is 2. The predicted molar refractivity (Wildman–Crippen MR) is 67.2 cm³/mol. The summed E-state index contributed by atoms with van der Waals surface area (Å²) in [4.78, 5) is 24.0. The molecule has 0 bridgehead atoms. The number of ether oxygens (including phenoxy) is 2. The van der Waals surface area contributed by atoms with Crippen molar-refractivity contribution in [2.75, 3.05) is 13.2 Å². The van der Waals surface area contributed by atoms with Crippen LogP contribution in [0.3, 0.4) is 0 Å². The number of hydrogen-bond donors (Lipinski definition) is 0. The molecule has 4 heteroatoms. The first-order chi connectivity index (χ1) is 9.20. The third-order valence-corrected chi connectivity index (χ3v) is 4.16. The second-order valence-electron chi connectivity index (χ2n) is 5.14. The third kappa shape index (κ3) is 1.74. The molecule has 1 aromatic rings.